The van der Waals surface area contributed by atoms with Gasteiger partial charge < -0.3 is 5.32 Å². The van der Waals surface area contributed by atoms with Gasteiger partial charge in [-0.1, -0.05) is 60.2 Å². The second-order valence-electron chi connectivity index (χ2n) is 6.68. The summed E-state index contributed by atoms with van der Waals surface area (Å²) in [6.45, 7) is 5.61. The smallest absolute Gasteiger partial charge is 0.267 e. The molecule has 0 fully saturated rings. The number of carbonyl (C=O) groups is 1. The van der Waals surface area contributed by atoms with E-state index in [4.69, 9.17) is 0 Å². The third-order valence-electron chi connectivity index (χ3n) is 4.58. The van der Waals surface area contributed by atoms with Gasteiger partial charge in [0.25, 0.3) is 5.56 Å². The molecule has 2 aromatic carbocycles. The summed E-state index contributed by atoms with van der Waals surface area (Å²) in [6.07, 6.45) is 0. The number of aryl methyl sites for hydroxylation is 1. The molecule has 0 radical (unpaired) electrons. The Morgan fingerprint density at radius 2 is 1.63 bits per heavy atom. The van der Waals surface area contributed by atoms with Crippen LogP contribution in [-0.2, 0) is 4.79 Å². The van der Waals surface area contributed by atoms with Gasteiger partial charge in [-0.05, 0) is 32.4 Å². The number of nitrogens with one attached hydrogen (secondary N) is 1. The van der Waals surface area contributed by atoms with E-state index in [-0.39, 0.29) is 17.5 Å². The first-order valence-corrected chi connectivity index (χ1v) is 8.98. The van der Waals surface area contributed by atoms with E-state index < -0.39 is 6.04 Å². The Kier molecular flexibility index (Phi) is 5.50. The lowest BCUT2D eigenvalue weighted by molar-refractivity contribution is -0.124. The molecule has 5 nitrogen and oxygen atoms in total. The van der Waals surface area contributed by atoms with Gasteiger partial charge in [-0.15, -0.1) is 0 Å². The maximum atomic E-state index is 12.7. The Morgan fingerprint density at radius 3 is 2.30 bits per heavy atom. The van der Waals surface area contributed by atoms with Crippen LogP contribution in [0.3, 0.4) is 0 Å². The highest BCUT2D eigenvalue weighted by atomic mass is 16.2. The molecule has 0 saturated carbocycles. The fourth-order valence-corrected chi connectivity index (χ4v) is 2.85. The van der Waals surface area contributed by atoms with Crippen molar-refractivity contribution < 1.29 is 4.79 Å². The number of rotatable bonds is 5. The Balaban J connectivity index is 1.82. The van der Waals surface area contributed by atoms with E-state index in [1.54, 1.807) is 13.0 Å². The quantitative estimate of drug-likeness (QED) is 0.754. The molecule has 1 aromatic heterocycles. The Morgan fingerprint density at radius 1 is 0.963 bits per heavy atom. The highest BCUT2D eigenvalue weighted by molar-refractivity contribution is 5.80. The summed E-state index contributed by atoms with van der Waals surface area (Å²) in [5.74, 6) is -0.248. The molecular formula is C22H23N3O2. The zero-order valence-electron chi connectivity index (χ0n) is 15.7. The van der Waals surface area contributed by atoms with E-state index in [1.807, 2.05) is 68.4 Å². The van der Waals surface area contributed by atoms with Crippen molar-refractivity contribution in [2.24, 2.45) is 0 Å². The maximum absolute atomic E-state index is 12.7. The first-order valence-electron chi connectivity index (χ1n) is 8.98. The van der Waals surface area contributed by atoms with Crippen LogP contribution in [0.5, 0.6) is 0 Å². The third-order valence-corrected chi connectivity index (χ3v) is 4.58. The molecular weight excluding hydrogens is 338 g/mol. The van der Waals surface area contributed by atoms with Crippen LogP contribution in [0, 0.1) is 6.92 Å². The number of hydrogen-bond donors (Lipinski definition) is 1. The Hall–Kier alpha value is -3.21. The highest BCUT2D eigenvalue weighted by Gasteiger charge is 2.20. The van der Waals surface area contributed by atoms with E-state index >= 15 is 0 Å². The van der Waals surface area contributed by atoms with Gasteiger partial charge in [0.1, 0.15) is 6.04 Å². The highest BCUT2D eigenvalue weighted by Crippen LogP contribution is 2.17. The molecule has 5 heteroatoms. The minimum absolute atomic E-state index is 0.155. The first-order chi connectivity index (χ1) is 13.0. The number of carbonyl (C=O) groups excluding carboxylic acids is 1. The molecule has 0 aliphatic rings. The normalized spacial score (nSPS) is 13.0. The van der Waals surface area contributed by atoms with Crippen LogP contribution >= 0.6 is 0 Å². The van der Waals surface area contributed by atoms with Crippen LogP contribution in [0.15, 0.2) is 71.5 Å². The molecule has 1 N–H and O–H groups in total. The topological polar surface area (TPSA) is 64.0 Å². The predicted octanol–water partition coefficient (Wildman–Crippen LogP) is 3.66. The Labute approximate surface area is 158 Å². The molecule has 3 aromatic rings. The summed E-state index contributed by atoms with van der Waals surface area (Å²) in [5.41, 5.74) is 3.41. The fourth-order valence-electron chi connectivity index (χ4n) is 2.85. The minimum atomic E-state index is -0.714. The summed E-state index contributed by atoms with van der Waals surface area (Å²) in [4.78, 5) is 24.9. The SMILES string of the molecule is Cc1ccc(-c2ccc(=O)n(C(C)C(=O)NC(C)c3ccccc3)n2)cc1. The molecule has 0 bridgehead atoms. The molecule has 2 unspecified atom stereocenters. The summed E-state index contributed by atoms with van der Waals surface area (Å²) < 4.78 is 1.24. The summed E-state index contributed by atoms with van der Waals surface area (Å²) in [6, 6.07) is 19.9. The van der Waals surface area contributed by atoms with Crippen LogP contribution in [0.4, 0.5) is 0 Å². The van der Waals surface area contributed by atoms with Gasteiger partial charge in [-0.25, -0.2) is 4.68 Å². The first kappa shape index (κ1) is 18.6. The van der Waals surface area contributed by atoms with Crippen molar-refractivity contribution in [2.75, 3.05) is 0 Å². The molecule has 2 atom stereocenters. The second kappa shape index (κ2) is 7.99. The van der Waals surface area contributed by atoms with Gasteiger partial charge in [0, 0.05) is 11.6 Å². The van der Waals surface area contributed by atoms with E-state index in [0.29, 0.717) is 5.69 Å². The van der Waals surface area contributed by atoms with Gasteiger partial charge in [0.05, 0.1) is 11.7 Å². The molecule has 0 aliphatic carbocycles. The second-order valence-corrected chi connectivity index (χ2v) is 6.68. The van der Waals surface area contributed by atoms with Crippen LogP contribution in [0.1, 0.15) is 37.1 Å². The lowest BCUT2D eigenvalue weighted by Crippen LogP contribution is -2.38. The molecule has 138 valence electrons. The van der Waals surface area contributed by atoms with Crippen molar-refractivity contribution in [3.05, 3.63) is 88.2 Å². The van der Waals surface area contributed by atoms with Gasteiger partial charge in [0.2, 0.25) is 5.91 Å². The molecule has 3 rings (SSSR count). The van der Waals surface area contributed by atoms with Crippen LogP contribution in [0.2, 0.25) is 0 Å². The zero-order chi connectivity index (χ0) is 19.4. The molecule has 0 saturated heterocycles. The standard InChI is InChI=1S/C22H23N3O2/c1-15-9-11-19(12-10-15)20-13-14-21(26)25(24-20)17(3)22(27)23-16(2)18-7-5-4-6-8-18/h4-14,16-17H,1-3H3,(H,23,27). The van der Waals surface area contributed by atoms with Crippen molar-refractivity contribution in [3.8, 4) is 11.3 Å². The number of hydrogen-bond acceptors (Lipinski definition) is 3. The molecule has 27 heavy (non-hydrogen) atoms. The van der Waals surface area contributed by atoms with Crippen molar-refractivity contribution in [1.29, 1.82) is 0 Å². The molecule has 0 aliphatic heterocycles. The molecule has 1 heterocycles. The predicted molar refractivity (Wildman–Crippen MR) is 106 cm³/mol. The Bertz CT molecular complexity index is 978. The lowest BCUT2D eigenvalue weighted by atomic mass is 10.1. The maximum Gasteiger partial charge on any atom is 0.267 e. The van der Waals surface area contributed by atoms with Crippen LogP contribution in [-0.4, -0.2) is 15.7 Å². The summed E-state index contributed by atoms with van der Waals surface area (Å²) in [5, 5.41) is 7.37. The van der Waals surface area contributed by atoms with Crippen molar-refractivity contribution >= 4 is 5.91 Å². The van der Waals surface area contributed by atoms with E-state index in [9.17, 15) is 9.59 Å². The van der Waals surface area contributed by atoms with E-state index in [0.717, 1.165) is 16.7 Å². The van der Waals surface area contributed by atoms with E-state index in [1.165, 1.54) is 10.7 Å². The number of aromatic nitrogens is 2. The van der Waals surface area contributed by atoms with E-state index in [2.05, 4.69) is 10.4 Å². The largest absolute Gasteiger partial charge is 0.348 e. The van der Waals surface area contributed by atoms with Gasteiger partial charge in [-0.3, -0.25) is 9.59 Å². The molecule has 1 amide bonds. The number of amides is 1. The average molecular weight is 361 g/mol. The third kappa shape index (κ3) is 4.31. The van der Waals surface area contributed by atoms with Crippen molar-refractivity contribution in [3.63, 3.8) is 0 Å². The van der Waals surface area contributed by atoms with Crippen molar-refractivity contribution in [2.45, 2.75) is 32.9 Å². The van der Waals surface area contributed by atoms with Crippen molar-refractivity contribution in [1.82, 2.24) is 15.1 Å². The number of benzene rings is 2. The fraction of sp³-hybridized carbons (Fsp3) is 0.227. The minimum Gasteiger partial charge on any atom is -0.348 e. The summed E-state index contributed by atoms with van der Waals surface area (Å²) >= 11 is 0. The monoisotopic (exact) mass is 361 g/mol. The van der Waals surface area contributed by atoms with Gasteiger partial charge >= 0.3 is 0 Å². The van der Waals surface area contributed by atoms with Crippen LogP contribution < -0.4 is 10.9 Å². The number of nitrogens with zero attached hydrogens (tertiary/aromatic N) is 2. The molecule has 0 spiro atoms. The van der Waals surface area contributed by atoms with Crippen LogP contribution in [0.25, 0.3) is 11.3 Å². The van der Waals surface area contributed by atoms with Gasteiger partial charge in [0.15, 0.2) is 0 Å². The van der Waals surface area contributed by atoms with Gasteiger partial charge in [-0.2, -0.15) is 5.10 Å². The average Bonchev–Trinajstić information content (AvgIpc) is 2.69. The zero-order valence-corrected chi connectivity index (χ0v) is 15.7. The summed E-state index contributed by atoms with van der Waals surface area (Å²) in [7, 11) is 0. The lowest BCUT2D eigenvalue weighted by Gasteiger charge is -2.19.